The van der Waals surface area contributed by atoms with Crippen LogP contribution in [0.3, 0.4) is 0 Å². The average molecular weight is 745 g/mol. The summed E-state index contributed by atoms with van der Waals surface area (Å²) in [5, 5.41) is 19.4. The van der Waals surface area contributed by atoms with E-state index in [1.54, 1.807) is 32.9 Å². The fraction of sp³-hybridized carbons (Fsp3) is 0.421. The lowest BCUT2D eigenvalue weighted by Gasteiger charge is -2.31. The Balaban J connectivity index is 1.08. The van der Waals surface area contributed by atoms with Crippen LogP contribution in [0, 0.1) is 11.7 Å². The summed E-state index contributed by atoms with van der Waals surface area (Å²) in [6, 6.07) is 3.76. The number of pyridine rings is 2. The minimum Gasteiger partial charge on any atom is -0.458 e. The highest BCUT2D eigenvalue weighted by Crippen LogP contribution is 2.39. The number of aliphatic hydroxyl groups is 1. The molecule has 3 aromatic rings. The quantitative estimate of drug-likeness (QED) is 0.0893. The molecule has 0 fully saturated rings. The van der Waals surface area contributed by atoms with Gasteiger partial charge in [0, 0.05) is 47.7 Å². The maximum Gasteiger partial charge on any atom is 0.343 e. The van der Waals surface area contributed by atoms with Gasteiger partial charge >= 0.3 is 5.97 Å². The third kappa shape index (κ3) is 7.12. The van der Waals surface area contributed by atoms with Gasteiger partial charge in [-0.1, -0.05) is 27.2 Å². The summed E-state index contributed by atoms with van der Waals surface area (Å²) >= 11 is 0. The van der Waals surface area contributed by atoms with E-state index in [1.807, 2.05) is 0 Å². The SMILES string of the molecule is CC[C@@]1(O)C(=O)OCc2c1cc1n(c2=O)Cc2cc3cc(NC(=O)C(C)NC(=O)C(NC(=O)CCCCCN4C(=O)C=CC4=O)C(C)C)c(F)cc3nc2-1. The van der Waals surface area contributed by atoms with E-state index in [1.165, 1.54) is 29.7 Å². The molecule has 5 amide bonds. The summed E-state index contributed by atoms with van der Waals surface area (Å²) in [5.74, 6) is -4.34. The van der Waals surface area contributed by atoms with Crippen molar-refractivity contribution in [3.05, 3.63) is 69.3 Å². The van der Waals surface area contributed by atoms with Crippen LogP contribution in [-0.4, -0.2) is 73.7 Å². The highest BCUT2D eigenvalue weighted by Gasteiger charge is 2.45. The van der Waals surface area contributed by atoms with E-state index in [0.717, 1.165) is 11.0 Å². The van der Waals surface area contributed by atoms with Crippen molar-refractivity contribution in [2.45, 2.75) is 90.6 Å². The molecule has 2 aromatic heterocycles. The number of anilines is 1. The largest absolute Gasteiger partial charge is 0.458 e. The molecule has 6 rings (SSSR count). The standard InChI is InChI=1S/C38H41FN6O9/c1-5-38(53)24-15-28-33-22(17-45(28)36(51)23(24)18-54-37(38)52)13-21-14-27(25(39)16-26(21)41-33)42-34(49)20(4)40-35(50)32(19(2)3)43-29(46)9-7-6-8-12-44-30(47)10-11-31(44)48/h10-11,13-16,19-20,32,53H,5-9,12,17-18H2,1-4H3,(H,40,50)(H,42,49)(H,43,46)/t20?,32?,38-/m0/s1. The van der Waals surface area contributed by atoms with E-state index < -0.39 is 46.8 Å². The van der Waals surface area contributed by atoms with Crippen molar-refractivity contribution in [3.63, 3.8) is 0 Å². The van der Waals surface area contributed by atoms with Crippen molar-refractivity contribution < 1.29 is 43.0 Å². The first-order valence-electron chi connectivity index (χ1n) is 17.9. The van der Waals surface area contributed by atoms with Crippen LogP contribution in [0.2, 0.25) is 0 Å². The number of amides is 5. The molecular weight excluding hydrogens is 703 g/mol. The van der Waals surface area contributed by atoms with Gasteiger partial charge in [0.2, 0.25) is 17.7 Å². The molecule has 0 radical (unpaired) electrons. The molecule has 2 unspecified atom stereocenters. The number of imide groups is 1. The number of cyclic esters (lactones) is 1. The Morgan fingerprint density at radius 3 is 2.39 bits per heavy atom. The van der Waals surface area contributed by atoms with Crippen LogP contribution in [0.15, 0.2) is 41.2 Å². The first kappa shape index (κ1) is 38.0. The number of hydrogen-bond acceptors (Lipinski definition) is 10. The molecule has 0 spiro atoms. The van der Waals surface area contributed by atoms with E-state index >= 15 is 4.39 Å². The van der Waals surface area contributed by atoms with E-state index in [2.05, 4.69) is 20.9 Å². The zero-order valence-electron chi connectivity index (χ0n) is 30.3. The molecule has 0 aliphatic carbocycles. The maximum absolute atomic E-state index is 15.4. The van der Waals surface area contributed by atoms with Crippen LogP contribution in [-0.2, 0) is 52.3 Å². The summed E-state index contributed by atoms with van der Waals surface area (Å²) in [7, 11) is 0. The second-order valence-corrected chi connectivity index (χ2v) is 14.1. The van der Waals surface area contributed by atoms with Crippen molar-refractivity contribution in [3.8, 4) is 11.4 Å². The Kier molecular flexibility index (Phi) is 10.5. The number of benzene rings is 1. The Hall–Kier alpha value is -5.77. The third-order valence-electron chi connectivity index (χ3n) is 10.1. The van der Waals surface area contributed by atoms with Crippen LogP contribution in [0.5, 0.6) is 0 Å². The summed E-state index contributed by atoms with van der Waals surface area (Å²) < 4.78 is 22.0. The van der Waals surface area contributed by atoms with Gasteiger partial charge in [-0.25, -0.2) is 14.2 Å². The fourth-order valence-corrected chi connectivity index (χ4v) is 6.88. The molecule has 3 atom stereocenters. The molecule has 54 heavy (non-hydrogen) atoms. The van der Waals surface area contributed by atoms with E-state index in [0.29, 0.717) is 41.6 Å². The lowest BCUT2D eigenvalue weighted by Crippen LogP contribution is -2.53. The van der Waals surface area contributed by atoms with Crippen molar-refractivity contribution in [2.75, 3.05) is 11.9 Å². The number of carbonyl (C=O) groups is 6. The van der Waals surface area contributed by atoms with Crippen LogP contribution in [0.4, 0.5) is 10.1 Å². The Bertz CT molecular complexity index is 2180. The maximum atomic E-state index is 15.4. The fourth-order valence-electron chi connectivity index (χ4n) is 6.88. The summed E-state index contributed by atoms with van der Waals surface area (Å²) in [6.07, 6.45) is 4.15. The number of hydrogen-bond donors (Lipinski definition) is 4. The first-order chi connectivity index (χ1) is 25.6. The molecule has 3 aliphatic rings. The Morgan fingerprint density at radius 2 is 1.70 bits per heavy atom. The van der Waals surface area contributed by atoms with Crippen LogP contribution in [0.1, 0.15) is 76.5 Å². The Morgan fingerprint density at radius 1 is 0.981 bits per heavy atom. The predicted molar refractivity (Wildman–Crippen MR) is 192 cm³/mol. The molecule has 5 heterocycles. The van der Waals surface area contributed by atoms with Crippen LogP contribution in [0.25, 0.3) is 22.3 Å². The van der Waals surface area contributed by atoms with E-state index in [-0.39, 0.29) is 78.5 Å². The van der Waals surface area contributed by atoms with E-state index in [4.69, 9.17) is 4.74 Å². The van der Waals surface area contributed by atoms with Crippen molar-refractivity contribution in [1.29, 1.82) is 0 Å². The number of nitrogens with one attached hydrogen (secondary N) is 3. The van der Waals surface area contributed by atoms with Crippen molar-refractivity contribution in [1.82, 2.24) is 25.1 Å². The normalized spacial score (nSPS) is 18.3. The lowest BCUT2D eigenvalue weighted by atomic mass is 9.86. The molecule has 15 nitrogen and oxygen atoms in total. The van der Waals surface area contributed by atoms with Crippen LogP contribution >= 0.6 is 0 Å². The van der Waals surface area contributed by atoms with Crippen molar-refractivity contribution >= 4 is 52.1 Å². The number of ether oxygens (including phenoxy) is 1. The average Bonchev–Trinajstić information content (AvgIpc) is 3.65. The predicted octanol–water partition coefficient (Wildman–Crippen LogP) is 2.29. The van der Waals surface area contributed by atoms with Gasteiger partial charge in [0.1, 0.15) is 24.5 Å². The number of unbranched alkanes of at least 4 members (excludes halogenated alkanes) is 2. The number of rotatable bonds is 13. The molecule has 4 N–H and O–H groups in total. The van der Waals surface area contributed by atoms with Gasteiger partial charge in [-0.05, 0) is 50.3 Å². The van der Waals surface area contributed by atoms with Gasteiger partial charge in [0.15, 0.2) is 5.60 Å². The minimum absolute atomic E-state index is 0.00723. The number of carbonyl (C=O) groups excluding carboxylic acids is 6. The molecular formula is C38H41FN6O9. The van der Waals surface area contributed by atoms with Gasteiger partial charge in [0.25, 0.3) is 17.4 Å². The zero-order valence-corrected chi connectivity index (χ0v) is 30.3. The van der Waals surface area contributed by atoms with Gasteiger partial charge in [-0.15, -0.1) is 0 Å². The molecule has 1 aromatic carbocycles. The van der Waals surface area contributed by atoms with Gasteiger partial charge in [0.05, 0.1) is 34.7 Å². The molecule has 0 bridgehead atoms. The van der Waals surface area contributed by atoms with E-state index in [9.17, 15) is 38.7 Å². The van der Waals surface area contributed by atoms with Gasteiger partial charge in [-0.2, -0.15) is 0 Å². The Labute approximate surface area is 308 Å². The number of esters is 1. The highest BCUT2D eigenvalue weighted by molar-refractivity contribution is 6.12. The van der Waals surface area contributed by atoms with Crippen molar-refractivity contribution in [2.24, 2.45) is 5.92 Å². The molecule has 16 heteroatoms. The highest BCUT2D eigenvalue weighted by atomic mass is 19.1. The third-order valence-corrected chi connectivity index (χ3v) is 10.1. The van der Waals surface area contributed by atoms with Crippen LogP contribution < -0.4 is 21.5 Å². The number of aromatic nitrogens is 2. The molecule has 0 saturated heterocycles. The summed E-state index contributed by atoms with van der Waals surface area (Å²) in [4.78, 5) is 94.0. The monoisotopic (exact) mass is 744 g/mol. The lowest BCUT2D eigenvalue weighted by molar-refractivity contribution is -0.172. The summed E-state index contributed by atoms with van der Waals surface area (Å²) in [5.41, 5.74) is -0.599. The molecule has 3 aliphatic heterocycles. The van der Waals surface area contributed by atoms with Gasteiger partial charge in [-0.3, -0.25) is 33.7 Å². The minimum atomic E-state index is -1.98. The second-order valence-electron chi connectivity index (χ2n) is 14.1. The second kappa shape index (κ2) is 14.9. The smallest absolute Gasteiger partial charge is 0.343 e. The van der Waals surface area contributed by atoms with Gasteiger partial charge < -0.3 is 30.4 Å². The number of nitrogens with zero attached hydrogens (tertiary/aromatic N) is 3. The summed E-state index contributed by atoms with van der Waals surface area (Å²) in [6.45, 7) is 6.65. The first-order valence-corrected chi connectivity index (χ1v) is 17.9. The number of halogens is 1. The number of fused-ring (bicyclic) bond motifs is 5. The zero-order chi connectivity index (χ0) is 39.1. The molecule has 284 valence electrons. The topological polar surface area (TPSA) is 206 Å². The molecule has 0 saturated carbocycles.